The molecule has 0 aromatic heterocycles. The maximum absolute atomic E-state index is 3.63. The molecule has 0 bridgehead atoms. The first-order valence-corrected chi connectivity index (χ1v) is 8.25. The predicted octanol–water partition coefficient (Wildman–Crippen LogP) is 5.00. The fourth-order valence-corrected chi connectivity index (χ4v) is 3.07. The molecular formula is C17H26IN. The lowest BCUT2D eigenvalue weighted by Gasteiger charge is -2.42. The van der Waals surface area contributed by atoms with Gasteiger partial charge in [-0.15, -0.1) is 0 Å². The Labute approximate surface area is 131 Å². The second-order valence-electron chi connectivity index (χ2n) is 7.42. The molecule has 1 N–H and O–H groups in total. The standard InChI is InChI=1S/C17H26IN/c1-15(2,3)16(4)10-11-19-14-7-9-17(5,18)8-6-13(14)12-16/h6-9,19H,10-12H2,1-5H3. The second kappa shape index (κ2) is 4.94. The molecule has 1 heterocycles. The third-order valence-electron chi connectivity index (χ3n) is 4.92. The molecule has 2 atom stereocenters. The average molecular weight is 371 g/mol. The molecule has 2 rings (SSSR count). The molecule has 0 spiro atoms. The van der Waals surface area contributed by atoms with Gasteiger partial charge >= 0.3 is 0 Å². The van der Waals surface area contributed by atoms with Crippen LogP contribution >= 0.6 is 22.6 Å². The maximum Gasteiger partial charge on any atom is 0.0559 e. The van der Waals surface area contributed by atoms with E-state index in [9.17, 15) is 0 Å². The Morgan fingerprint density at radius 1 is 1.16 bits per heavy atom. The van der Waals surface area contributed by atoms with Crippen LogP contribution in [-0.4, -0.2) is 9.97 Å². The summed E-state index contributed by atoms with van der Waals surface area (Å²) in [6.07, 6.45) is 11.6. The monoisotopic (exact) mass is 371 g/mol. The van der Waals surface area contributed by atoms with Crippen molar-refractivity contribution in [2.24, 2.45) is 10.8 Å². The zero-order valence-electron chi connectivity index (χ0n) is 12.8. The van der Waals surface area contributed by atoms with Crippen molar-refractivity contribution in [2.45, 2.75) is 50.9 Å². The van der Waals surface area contributed by atoms with E-state index in [1.165, 1.54) is 17.7 Å². The highest BCUT2D eigenvalue weighted by Gasteiger charge is 2.39. The molecule has 1 aliphatic carbocycles. The normalized spacial score (nSPS) is 35.5. The van der Waals surface area contributed by atoms with Gasteiger partial charge in [-0.2, -0.15) is 0 Å². The Morgan fingerprint density at radius 3 is 2.42 bits per heavy atom. The molecule has 0 fully saturated rings. The number of rotatable bonds is 0. The van der Waals surface area contributed by atoms with Gasteiger partial charge in [0.25, 0.3) is 0 Å². The first-order chi connectivity index (χ1) is 8.63. The summed E-state index contributed by atoms with van der Waals surface area (Å²) in [7, 11) is 0. The van der Waals surface area contributed by atoms with Crippen LogP contribution in [0.3, 0.4) is 0 Å². The molecule has 0 saturated heterocycles. The summed E-state index contributed by atoms with van der Waals surface area (Å²) >= 11 is 2.50. The van der Waals surface area contributed by atoms with E-state index in [4.69, 9.17) is 0 Å². The van der Waals surface area contributed by atoms with Crippen LogP contribution in [0.4, 0.5) is 0 Å². The van der Waals surface area contributed by atoms with Crippen molar-refractivity contribution < 1.29 is 0 Å². The molecule has 106 valence electrons. The van der Waals surface area contributed by atoms with Crippen LogP contribution in [0.25, 0.3) is 0 Å². The fraction of sp³-hybridized carbons (Fsp3) is 0.647. The molecule has 2 unspecified atom stereocenters. The summed E-state index contributed by atoms with van der Waals surface area (Å²) in [5.74, 6) is 0. The molecule has 0 aromatic rings. The topological polar surface area (TPSA) is 12.0 Å². The number of hydrogen-bond donors (Lipinski definition) is 1. The van der Waals surface area contributed by atoms with E-state index in [2.05, 4.69) is 86.8 Å². The summed E-state index contributed by atoms with van der Waals surface area (Å²) in [6, 6.07) is 0. The molecular weight excluding hydrogens is 345 g/mol. The van der Waals surface area contributed by atoms with Gasteiger partial charge in [-0.25, -0.2) is 0 Å². The van der Waals surface area contributed by atoms with Crippen molar-refractivity contribution in [3.8, 4) is 0 Å². The fourth-order valence-electron chi connectivity index (χ4n) is 2.71. The quantitative estimate of drug-likeness (QED) is 0.467. The largest absolute Gasteiger partial charge is 0.385 e. The number of alkyl halides is 1. The van der Waals surface area contributed by atoms with Crippen LogP contribution in [0, 0.1) is 10.8 Å². The molecule has 0 saturated carbocycles. The van der Waals surface area contributed by atoms with Crippen molar-refractivity contribution in [2.75, 3.05) is 6.54 Å². The number of hydrogen-bond acceptors (Lipinski definition) is 1. The van der Waals surface area contributed by atoms with Gasteiger partial charge < -0.3 is 5.32 Å². The highest BCUT2D eigenvalue weighted by atomic mass is 127. The van der Waals surface area contributed by atoms with Crippen molar-refractivity contribution in [3.05, 3.63) is 35.6 Å². The zero-order valence-corrected chi connectivity index (χ0v) is 15.0. The van der Waals surface area contributed by atoms with Crippen LogP contribution in [0.1, 0.15) is 47.5 Å². The molecule has 0 amide bonds. The molecule has 1 aliphatic heterocycles. The van der Waals surface area contributed by atoms with Crippen LogP contribution in [0.2, 0.25) is 0 Å². The van der Waals surface area contributed by atoms with Crippen molar-refractivity contribution in [3.63, 3.8) is 0 Å². The van der Waals surface area contributed by atoms with Gasteiger partial charge in [-0.1, -0.05) is 68.5 Å². The predicted molar refractivity (Wildman–Crippen MR) is 92.5 cm³/mol. The van der Waals surface area contributed by atoms with E-state index in [1.807, 2.05) is 0 Å². The van der Waals surface area contributed by atoms with Crippen LogP contribution < -0.4 is 5.32 Å². The molecule has 19 heavy (non-hydrogen) atoms. The van der Waals surface area contributed by atoms with E-state index < -0.39 is 0 Å². The summed E-state index contributed by atoms with van der Waals surface area (Å²) in [5.41, 5.74) is 3.46. The third-order valence-corrected chi connectivity index (χ3v) is 5.63. The molecule has 2 aliphatic rings. The van der Waals surface area contributed by atoms with Crippen molar-refractivity contribution in [1.82, 2.24) is 5.32 Å². The van der Waals surface area contributed by atoms with Gasteiger partial charge in [0.1, 0.15) is 0 Å². The van der Waals surface area contributed by atoms with Crippen LogP contribution in [0.5, 0.6) is 0 Å². The molecule has 0 radical (unpaired) electrons. The summed E-state index contributed by atoms with van der Waals surface area (Å²) < 4.78 is 0.129. The lowest BCUT2D eigenvalue weighted by atomic mass is 9.63. The SMILES string of the molecule is CC1(I)C=CC2=C(C=C1)NCCC(C)(C(C)(C)C)C2. The van der Waals surface area contributed by atoms with Gasteiger partial charge in [0.15, 0.2) is 0 Å². The van der Waals surface area contributed by atoms with Gasteiger partial charge in [0.05, 0.1) is 3.42 Å². The van der Waals surface area contributed by atoms with Gasteiger partial charge in [0, 0.05) is 12.2 Å². The minimum Gasteiger partial charge on any atom is -0.385 e. The second-order valence-corrected chi connectivity index (χ2v) is 9.75. The third kappa shape index (κ3) is 3.26. The number of halogens is 1. The Hall–Kier alpha value is -0.250. The van der Waals surface area contributed by atoms with Crippen molar-refractivity contribution in [1.29, 1.82) is 0 Å². The van der Waals surface area contributed by atoms with E-state index in [-0.39, 0.29) is 3.42 Å². The summed E-state index contributed by atoms with van der Waals surface area (Å²) in [4.78, 5) is 0. The lowest BCUT2D eigenvalue weighted by Crippen LogP contribution is -2.34. The van der Waals surface area contributed by atoms with E-state index in [0.29, 0.717) is 10.8 Å². The molecule has 1 nitrogen and oxygen atoms in total. The highest BCUT2D eigenvalue weighted by molar-refractivity contribution is 14.1. The van der Waals surface area contributed by atoms with E-state index in [1.54, 1.807) is 0 Å². The first kappa shape index (κ1) is 15.1. The Balaban J connectivity index is 2.36. The number of nitrogens with one attached hydrogen (secondary N) is 1. The summed E-state index contributed by atoms with van der Waals surface area (Å²) in [6.45, 7) is 12.9. The summed E-state index contributed by atoms with van der Waals surface area (Å²) in [5, 5.41) is 3.63. The van der Waals surface area contributed by atoms with E-state index >= 15 is 0 Å². The first-order valence-electron chi connectivity index (χ1n) is 7.17. The highest BCUT2D eigenvalue weighted by Crippen LogP contribution is 2.48. The maximum atomic E-state index is 3.63. The zero-order chi connectivity index (χ0) is 14.3. The smallest absolute Gasteiger partial charge is 0.0559 e. The van der Waals surface area contributed by atoms with Crippen LogP contribution in [0.15, 0.2) is 35.6 Å². The Morgan fingerprint density at radius 2 is 1.79 bits per heavy atom. The van der Waals surface area contributed by atoms with E-state index in [0.717, 1.165) is 13.0 Å². The average Bonchev–Trinajstić information content (AvgIpc) is 2.50. The minimum atomic E-state index is 0.129. The van der Waals surface area contributed by atoms with Gasteiger partial charge in [-0.3, -0.25) is 0 Å². The van der Waals surface area contributed by atoms with Gasteiger partial charge in [0.2, 0.25) is 0 Å². The Kier molecular flexibility index (Phi) is 3.94. The van der Waals surface area contributed by atoms with Crippen molar-refractivity contribution >= 4 is 22.6 Å². The molecule has 2 heteroatoms. The lowest BCUT2D eigenvalue weighted by molar-refractivity contribution is 0.101. The molecule has 0 aromatic carbocycles. The number of allylic oxidation sites excluding steroid dienone is 5. The Bertz CT molecular complexity index is 448. The van der Waals surface area contributed by atoms with Gasteiger partial charge in [-0.05, 0) is 42.2 Å². The van der Waals surface area contributed by atoms with Crippen LogP contribution in [-0.2, 0) is 0 Å². The minimum absolute atomic E-state index is 0.129.